The number of hydrogen-bond donors (Lipinski definition) is 1. The second-order valence-electron chi connectivity index (χ2n) is 10.6. The molecule has 4 saturated carbocycles. The van der Waals surface area contributed by atoms with Crippen LogP contribution in [0.15, 0.2) is 11.6 Å². The molecule has 0 bridgehead atoms. The van der Waals surface area contributed by atoms with Gasteiger partial charge in [0.25, 0.3) is 0 Å². The van der Waals surface area contributed by atoms with Crippen LogP contribution in [0.1, 0.15) is 71.6 Å². The van der Waals surface area contributed by atoms with Gasteiger partial charge in [-0.05, 0) is 104 Å². The molecule has 1 heterocycles. The molecular weight excluding hydrogens is 340 g/mol. The van der Waals surface area contributed by atoms with Gasteiger partial charge in [0, 0.05) is 11.3 Å². The Morgan fingerprint density at radius 1 is 1.00 bits per heavy atom. The van der Waals surface area contributed by atoms with Crippen LogP contribution in [0.2, 0.25) is 0 Å². The molecule has 0 aromatic carbocycles. The van der Waals surface area contributed by atoms with E-state index in [1.807, 2.05) is 6.08 Å². The molecule has 5 rings (SSSR count). The quantitative estimate of drug-likeness (QED) is 0.489. The maximum absolute atomic E-state index is 11.6. The average molecular weight is 375 g/mol. The summed E-state index contributed by atoms with van der Waals surface area (Å²) in [7, 11) is 0. The number of carbonyl (C=O) groups excluding carboxylic acids is 1. The third-order valence-electron chi connectivity index (χ3n) is 9.77. The highest BCUT2D eigenvalue weighted by Gasteiger charge is 2.60. The van der Waals surface area contributed by atoms with Crippen molar-refractivity contribution in [1.29, 1.82) is 0 Å². The van der Waals surface area contributed by atoms with Gasteiger partial charge in [-0.1, -0.05) is 13.8 Å². The molecule has 0 unspecified atom stereocenters. The summed E-state index contributed by atoms with van der Waals surface area (Å²) in [6.45, 7) is 5.74. The van der Waals surface area contributed by atoms with E-state index >= 15 is 0 Å². The van der Waals surface area contributed by atoms with Gasteiger partial charge in [-0.2, -0.15) is 12.6 Å². The van der Waals surface area contributed by atoms with Crippen molar-refractivity contribution in [3.8, 4) is 0 Å². The SMILES string of the molecule is C[C@]12CC[C@H](S)C[C@H]1CC[C@@H]1[C@@H]2CC[C@]2(C)[C@@H](C3=CC(=O)OC3)CC[C@@H]12. The standard InChI is InChI=1S/C23H34O2S/c1-22-9-7-16(26)12-15(22)3-4-17-19-6-5-18(14-11-21(24)25-13-14)23(19,2)10-8-20(17)22/h11,15-20,26H,3-10,12-13H2,1-2H3/t15-,16+,17+,18-,19+,20+,22+,23-/m1/s1. The minimum atomic E-state index is -0.114. The van der Waals surface area contributed by atoms with Crippen molar-refractivity contribution in [3.05, 3.63) is 11.6 Å². The van der Waals surface area contributed by atoms with Crippen LogP contribution in [0.3, 0.4) is 0 Å². The predicted octanol–water partition coefficient (Wildman–Crippen LogP) is 5.43. The molecule has 0 amide bonds. The first-order valence-electron chi connectivity index (χ1n) is 11.0. The lowest BCUT2D eigenvalue weighted by molar-refractivity contribution is -0.135. The van der Waals surface area contributed by atoms with Crippen LogP contribution in [0.5, 0.6) is 0 Å². The fraction of sp³-hybridized carbons (Fsp3) is 0.870. The Kier molecular flexibility index (Phi) is 4.09. The molecule has 4 aliphatic carbocycles. The number of rotatable bonds is 1. The zero-order chi connectivity index (χ0) is 18.1. The van der Waals surface area contributed by atoms with Gasteiger partial charge in [-0.15, -0.1) is 0 Å². The van der Waals surface area contributed by atoms with Crippen molar-refractivity contribution in [3.63, 3.8) is 0 Å². The molecule has 0 spiro atoms. The Morgan fingerprint density at radius 2 is 1.77 bits per heavy atom. The summed E-state index contributed by atoms with van der Waals surface area (Å²) in [5.74, 6) is 4.07. The zero-order valence-electron chi connectivity index (χ0n) is 16.4. The van der Waals surface area contributed by atoms with Crippen molar-refractivity contribution in [1.82, 2.24) is 0 Å². The van der Waals surface area contributed by atoms with Gasteiger partial charge in [-0.25, -0.2) is 4.79 Å². The van der Waals surface area contributed by atoms with Gasteiger partial charge >= 0.3 is 5.97 Å². The van der Waals surface area contributed by atoms with E-state index in [0.717, 1.165) is 23.7 Å². The van der Waals surface area contributed by atoms with Crippen molar-refractivity contribution < 1.29 is 9.53 Å². The molecule has 0 aromatic rings. The minimum absolute atomic E-state index is 0.114. The Morgan fingerprint density at radius 3 is 2.54 bits per heavy atom. The van der Waals surface area contributed by atoms with E-state index in [-0.39, 0.29) is 5.97 Å². The molecule has 26 heavy (non-hydrogen) atoms. The molecule has 2 nitrogen and oxygen atoms in total. The van der Waals surface area contributed by atoms with Crippen LogP contribution < -0.4 is 0 Å². The molecule has 0 radical (unpaired) electrons. The van der Waals surface area contributed by atoms with Crippen molar-refractivity contribution in [2.45, 2.75) is 76.9 Å². The molecular formula is C23H34O2S. The second kappa shape index (κ2) is 6.03. The minimum Gasteiger partial charge on any atom is -0.458 e. The largest absolute Gasteiger partial charge is 0.458 e. The maximum Gasteiger partial charge on any atom is 0.331 e. The lowest BCUT2D eigenvalue weighted by atomic mass is 9.44. The fourth-order valence-electron chi connectivity index (χ4n) is 8.43. The smallest absolute Gasteiger partial charge is 0.331 e. The third-order valence-corrected chi connectivity index (χ3v) is 10.2. The van der Waals surface area contributed by atoms with Crippen molar-refractivity contribution in [2.75, 3.05) is 6.61 Å². The molecule has 1 aliphatic heterocycles. The first kappa shape index (κ1) is 17.6. The first-order chi connectivity index (χ1) is 12.4. The molecule has 8 atom stereocenters. The summed E-state index contributed by atoms with van der Waals surface area (Å²) in [6.07, 6.45) is 14.1. The van der Waals surface area contributed by atoms with Gasteiger partial charge in [0.1, 0.15) is 6.61 Å². The summed E-state index contributed by atoms with van der Waals surface area (Å²) in [5, 5.41) is 0.640. The molecule has 4 fully saturated rings. The van der Waals surface area contributed by atoms with Crippen LogP contribution in [-0.2, 0) is 9.53 Å². The molecule has 5 aliphatic rings. The Labute approximate surface area is 163 Å². The molecule has 0 aromatic heterocycles. The number of cyclic esters (lactones) is 1. The third kappa shape index (κ3) is 2.41. The Bertz CT molecular complexity index is 642. The number of hydrogen-bond acceptors (Lipinski definition) is 3. The van der Waals surface area contributed by atoms with Crippen LogP contribution in [0, 0.1) is 40.4 Å². The fourth-order valence-corrected chi connectivity index (χ4v) is 8.82. The van der Waals surface area contributed by atoms with Gasteiger partial charge in [0.2, 0.25) is 0 Å². The number of carbonyl (C=O) groups is 1. The van der Waals surface area contributed by atoms with Crippen molar-refractivity contribution >= 4 is 18.6 Å². The maximum atomic E-state index is 11.6. The van der Waals surface area contributed by atoms with Crippen molar-refractivity contribution in [2.24, 2.45) is 40.4 Å². The molecule has 144 valence electrons. The number of thiol groups is 1. The van der Waals surface area contributed by atoms with E-state index in [9.17, 15) is 4.79 Å². The highest BCUT2D eigenvalue weighted by Crippen LogP contribution is 2.68. The number of esters is 1. The van der Waals surface area contributed by atoms with Gasteiger partial charge < -0.3 is 4.74 Å². The normalized spacial score (nSPS) is 53.3. The van der Waals surface area contributed by atoms with E-state index < -0.39 is 0 Å². The summed E-state index contributed by atoms with van der Waals surface area (Å²) >= 11 is 4.83. The Hall–Kier alpha value is -0.440. The molecule has 0 N–H and O–H groups in total. The second-order valence-corrected chi connectivity index (χ2v) is 11.3. The lowest BCUT2D eigenvalue weighted by Gasteiger charge is -2.61. The number of ether oxygens (including phenoxy) is 1. The van der Waals surface area contributed by atoms with Gasteiger partial charge in [0.15, 0.2) is 0 Å². The van der Waals surface area contributed by atoms with Crippen LogP contribution in [-0.4, -0.2) is 17.8 Å². The zero-order valence-corrected chi connectivity index (χ0v) is 17.3. The van der Waals surface area contributed by atoms with Crippen LogP contribution in [0.25, 0.3) is 0 Å². The van der Waals surface area contributed by atoms with Crippen LogP contribution >= 0.6 is 12.6 Å². The average Bonchev–Trinajstić information content (AvgIpc) is 3.18. The highest BCUT2D eigenvalue weighted by molar-refractivity contribution is 7.80. The summed E-state index contributed by atoms with van der Waals surface area (Å²) in [5.41, 5.74) is 2.26. The summed E-state index contributed by atoms with van der Waals surface area (Å²) < 4.78 is 5.27. The molecule has 3 heteroatoms. The van der Waals surface area contributed by atoms with Gasteiger partial charge in [-0.3, -0.25) is 0 Å². The van der Waals surface area contributed by atoms with Gasteiger partial charge in [0.05, 0.1) is 0 Å². The lowest BCUT2D eigenvalue weighted by Crippen LogP contribution is -2.53. The monoisotopic (exact) mass is 374 g/mol. The summed E-state index contributed by atoms with van der Waals surface area (Å²) in [4.78, 5) is 11.6. The molecule has 0 saturated heterocycles. The van der Waals surface area contributed by atoms with Crippen LogP contribution in [0.4, 0.5) is 0 Å². The van der Waals surface area contributed by atoms with E-state index in [1.54, 1.807) is 0 Å². The highest BCUT2D eigenvalue weighted by atomic mass is 32.1. The van der Waals surface area contributed by atoms with E-state index in [4.69, 9.17) is 17.4 Å². The van der Waals surface area contributed by atoms with E-state index in [2.05, 4.69) is 13.8 Å². The Balaban J connectivity index is 1.41. The van der Waals surface area contributed by atoms with E-state index in [1.165, 1.54) is 63.4 Å². The first-order valence-corrected chi connectivity index (χ1v) is 11.5. The predicted molar refractivity (Wildman–Crippen MR) is 107 cm³/mol. The summed E-state index contributed by atoms with van der Waals surface area (Å²) in [6, 6.07) is 0. The van der Waals surface area contributed by atoms with E-state index in [0.29, 0.717) is 28.6 Å². The number of fused-ring (bicyclic) bond motifs is 5. The topological polar surface area (TPSA) is 26.3 Å².